The molecule has 1 nitrogen and oxygen atoms in total. The monoisotopic (exact) mass is 247 g/mol. The van der Waals surface area contributed by atoms with E-state index >= 15 is 0 Å². The third-order valence-electron chi connectivity index (χ3n) is 6.82. The van der Waals surface area contributed by atoms with Gasteiger partial charge in [-0.15, -0.1) is 0 Å². The molecule has 1 N–H and O–H groups in total. The number of nitrogens with one attached hydrogen (secondary N) is 1. The van der Waals surface area contributed by atoms with E-state index in [1.54, 1.807) is 25.7 Å². The van der Waals surface area contributed by atoms with Crippen LogP contribution in [-0.2, 0) is 0 Å². The molecule has 1 heteroatoms. The van der Waals surface area contributed by atoms with Crippen LogP contribution >= 0.6 is 0 Å². The fraction of sp³-hybridized carbons (Fsp3) is 1.00. The van der Waals surface area contributed by atoms with E-state index in [0.29, 0.717) is 0 Å². The first-order valence-electron chi connectivity index (χ1n) is 8.63. The summed E-state index contributed by atoms with van der Waals surface area (Å²) in [5, 5.41) is 4.05. The van der Waals surface area contributed by atoms with E-state index in [9.17, 15) is 0 Å². The van der Waals surface area contributed by atoms with E-state index in [2.05, 4.69) is 5.32 Å². The minimum atomic E-state index is 0.909. The van der Waals surface area contributed by atoms with Gasteiger partial charge >= 0.3 is 0 Å². The van der Waals surface area contributed by atoms with Crippen LogP contribution in [0.4, 0.5) is 0 Å². The first kappa shape index (κ1) is 11.8. The molecule has 3 unspecified atom stereocenters. The summed E-state index contributed by atoms with van der Waals surface area (Å²) in [5.74, 6) is 5.37. The highest BCUT2D eigenvalue weighted by atomic mass is 14.9. The summed E-state index contributed by atoms with van der Waals surface area (Å²) in [6.07, 6.45) is 15.3. The second-order valence-corrected chi connectivity index (χ2v) is 7.75. The van der Waals surface area contributed by atoms with Crippen LogP contribution in [-0.4, -0.2) is 12.6 Å². The van der Waals surface area contributed by atoms with Gasteiger partial charge in [0, 0.05) is 6.04 Å². The van der Waals surface area contributed by atoms with Crippen molar-refractivity contribution >= 4 is 0 Å². The summed E-state index contributed by atoms with van der Waals surface area (Å²) < 4.78 is 0. The number of hydrogen-bond donors (Lipinski definition) is 1. The SMILES string of the molecule is C1CC(C(NCC2CC3CCC2C3)C2CCC2)C1. The lowest BCUT2D eigenvalue weighted by Crippen LogP contribution is -2.49. The second-order valence-electron chi connectivity index (χ2n) is 7.75. The van der Waals surface area contributed by atoms with E-state index in [4.69, 9.17) is 0 Å². The summed E-state index contributed by atoms with van der Waals surface area (Å²) in [4.78, 5) is 0. The Labute approximate surface area is 112 Å². The van der Waals surface area contributed by atoms with E-state index in [0.717, 1.165) is 35.6 Å². The third kappa shape index (κ3) is 2.03. The van der Waals surface area contributed by atoms with Crippen LogP contribution in [0.2, 0.25) is 0 Å². The molecule has 0 aliphatic heterocycles. The largest absolute Gasteiger partial charge is 0.313 e. The topological polar surface area (TPSA) is 12.0 Å². The first-order chi connectivity index (χ1) is 8.90. The van der Waals surface area contributed by atoms with Crippen molar-refractivity contribution in [1.29, 1.82) is 0 Å². The van der Waals surface area contributed by atoms with Gasteiger partial charge in [0.05, 0.1) is 0 Å². The highest BCUT2D eigenvalue weighted by Crippen LogP contribution is 2.48. The summed E-state index contributed by atoms with van der Waals surface area (Å²) in [6, 6.07) is 0.909. The average Bonchev–Trinajstić information content (AvgIpc) is 2.82. The number of hydrogen-bond acceptors (Lipinski definition) is 1. The molecule has 3 atom stereocenters. The van der Waals surface area contributed by atoms with Gasteiger partial charge in [0.15, 0.2) is 0 Å². The van der Waals surface area contributed by atoms with Gasteiger partial charge in [-0.3, -0.25) is 0 Å². The minimum Gasteiger partial charge on any atom is -0.313 e. The van der Waals surface area contributed by atoms with E-state index in [1.807, 2.05) is 0 Å². The predicted octanol–water partition coefficient (Wildman–Crippen LogP) is 3.98. The maximum atomic E-state index is 4.05. The summed E-state index contributed by atoms with van der Waals surface area (Å²) in [7, 11) is 0. The molecule has 2 bridgehead atoms. The third-order valence-corrected chi connectivity index (χ3v) is 6.82. The van der Waals surface area contributed by atoms with Gasteiger partial charge in [0.25, 0.3) is 0 Å². The van der Waals surface area contributed by atoms with Crippen LogP contribution < -0.4 is 5.32 Å². The standard InChI is InChI=1S/C17H29N/c1-3-13(4-1)17(14-5-2-6-14)18-11-16-10-12-7-8-15(16)9-12/h12-18H,1-11H2. The first-order valence-corrected chi connectivity index (χ1v) is 8.63. The summed E-state index contributed by atoms with van der Waals surface area (Å²) in [6.45, 7) is 1.36. The van der Waals surface area contributed by atoms with Crippen LogP contribution in [0.15, 0.2) is 0 Å². The van der Waals surface area contributed by atoms with Crippen LogP contribution in [0.5, 0.6) is 0 Å². The van der Waals surface area contributed by atoms with Crippen molar-refractivity contribution in [1.82, 2.24) is 5.32 Å². The Hall–Kier alpha value is -0.0400. The quantitative estimate of drug-likeness (QED) is 0.775. The Kier molecular flexibility index (Phi) is 3.14. The highest BCUT2D eigenvalue weighted by Gasteiger charge is 2.41. The number of rotatable bonds is 5. The predicted molar refractivity (Wildman–Crippen MR) is 75.4 cm³/mol. The Bertz CT molecular complexity index is 278. The van der Waals surface area contributed by atoms with Crippen LogP contribution in [0.1, 0.15) is 64.2 Å². The molecule has 4 aliphatic rings. The molecule has 4 aliphatic carbocycles. The Morgan fingerprint density at radius 3 is 2.00 bits per heavy atom. The van der Waals surface area contributed by atoms with E-state index in [1.165, 1.54) is 45.1 Å². The molecule has 0 radical (unpaired) electrons. The maximum absolute atomic E-state index is 4.05. The maximum Gasteiger partial charge on any atom is 0.0124 e. The fourth-order valence-corrected chi connectivity index (χ4v) is 5.23. The van der Waals surface area contributed by atoms with Gasteiger partial charge in [-0.2, -0.15) is 0 Å². The van der Waals surface area contributed by atoms with Crippen LogP contribution in [0, 0.1) is 29.6 Å². The lowest BCUT2D eigenvalue weighted by molar-refractivity contribution is 0.116. The molecule has 4 saturated carbocycles. The fourth-order valence-electron chi connectivity index (χ4n) is 5.23. The van der Waals surface area contributed by atoms with Crippen molar-refractivity contribution in [2.45, 2.75) is 70.3 Å². The Morgan fingerprint density at radius 2 is 1.56 bits per heavy atom. The minimum absolute atomic E-state index is 0.909. The molecule has 4 rings (SSSR count). The molecule has 0 aromatic rings. The Morgan fingerprint density at radius 1 is 0.833 bits per heavy atom. The smallest absolute Gasteiger partial charge is 0.0124 e. The van der Waals surface area contributed by atoms with Gasteiger partial charge < -0.3 is 5.32 Å². The molecule has 0 heterocycles. The van der Waals surface area contributed by atoms with Crippen molar-refractivity contribution in [2.24, 2.45) is 29.6 Å². The Balaban J connectivity index is 1.31. The molecule has 102 valence electrons. The highest BCUT2D eigenvalue weighted by molar-refractivity contribution is 4.95. The van der Waals surface area contributed by atoms with Crippen LogP contribution in [0.3, 0.4) is 0 Å². The molecule has 0 aromatic carbocycles. The number of fused-ring (bicyclic) bond motifs is 2. The van der Waals surface area contributed by atoms with Gasteiger partial charge in [-0.1, -0.05) is 19.3 Å². The molecule has 0 saturated heterocycles. The normalized spacial score (nSPS) is 40.2. The molecule has 18 heavy (non-hydrogen) atoms. The summed E-state index contributed by atoms with van der Waals surface area (Å²) >= 11 is 0. The molecule has 0 amide bonds. The van der Waals surface area contributed by atoms with E-state index < -0.39 is 0 Å². The molecule has 4 fully saturated rings. The van der Waals surface area contributed by atoms with Crippen LogP contribution in [0.25, 0.3) is 0 Å². The zero-order valence-corrected chi connectivity index (χ0v) is 11.7. The summed E-state index contributed by atoms with van der Waals surface area (Å²) in [5.41, 5.74) is 0. The zero-order chi connectivity index (χ0) is 11.9. The van der Waals surface area contributed by atoms with Gasteiger partial charge in [-0.25, -0.2) is 0 Å². The van der Waals surface area contributed by atoms with Gasteiger partial charge in [0.1, 0.15) is 0 Å². The van der Waals surface area contributed by atoms with Gasteiger partial charge in [-0.05, 0) is 81.1 Å². The van der Waals surface area contributed by atoms with Gasteiger partial charge in [0.2, 0.25) is 0 Å². The van der Waals surface area contributed by atoms with Crippen molar-refractivity contribution in [3.05, 3.63) is 0 Å². The molecular formula is C17H29N. The van der Waals surface area contributed by atoms with Crippen molar-refractivity contribution in [2.75, 3.05) is 6.54 Å². The lowest BCUT2D eigenvalue weighted by atomic mass is 9.68. The lowest BCUT2D eigenvalue weighted by Gasteiger charge is -2.44. The second kappa shape index (κ2) is 4.81. The van der Waals surface area contributed by atoms with E-state index in [-0.39, 0.29) is 0 Å². The zero-order valence-electron chi connectivity index (χ0n) is 11.7. The molecular weight excluding hydrogens is 218 g/mol. The van der Waals surface area contributed by atoms with Crippen molar-refractivity contribution < 1.29 is 0 Å². The van der Waals surface area contributed by atoms with Crippen molar-refractivity contribution in [3.8, 4) is 0 Å². The molecule has 0 spiro atoms. The average molecular weight is 247 g/mol. The molecule has 0 aromatic heterocycles. The van der Waals surface area contributed by atoms with Crippen molar-refractivity contribution in [3.63, 3.8) is 0 Å².